The molecular formula is C45H53N9O5. The molecule has 2 aromatic heterocycles. The van der Waals surface area contributed by atoms with E-state index in [1.54, 1.807) is 14.2 Å². The molecule has 3 aliphatic heterocycles. The Morgan fingerprint density at radius 2 is 1.46 bits per heavy atom. The van der Waals surface area contributed by atoms with Gasteiger partial charge in [0.05, 0.1) is 39.7 Å². The lowest BCUT2D eigenvalue weighted by Crippen LogP contribution is -2.49. The number of amides is 1. The molecule has 1 amide bonds. The van der Waals surface area contributed by atoms with Gasteiger partial charge in [0.1, 0.15) is 17.3 Å². The predicted octanol–water partition coefficient (Wildman–Crippen LogP) is 4.76. The Hall–Kier alpha value is -5.83. The molecule has 2 fully saturated rings. The Bertz CT molecular complexity index is 2110. The van der Waals surface area contributed by atoms with E-state index in [0.29, 0.717) is 83.8 Å². The summed E-state index contributed by atoms with van der Waals surface area (Å²) in [5.74, 6) is 3.96. The molecule has 0 spiro atoms. The van der Waals surface area contributed by atoms with Crippen LogP contribution in [-0.2, 0) is 35.5 Å². The maximum absolute atomic E-state index is 13.2. The first-order valence-corrected chi connectivity index (χ1v) is 20.5. The van der Waals surface area contributed by atoms with Crippen LogP contribution in [0.25, 0.3) is 11.3 Å². The molecule has 0 aliphatic carbocycles. The summed E-state index contributed by atoms with van der Waals surface area (Å²) in [6.07, 6.45) is 5.66. The van der Waals surface area contributed by atoms with Crippen molar-refractivity contribution in [3.05, 3.63) is 107 Å². The van der Waals surface area contributed by atoms with Crippen molar-refractivity contribution in [2.45, 2.75) is 32.4 Å². The van der Waals surface area contributed by atoms with Gasteiger partial charge in [-0.1, -0.05) is 36.4 Å². The third-order valence-corrected chi connectivity index (χ3v) is 11.4. The summed E-state index contributed by atoms with van der Waals surface area (Å²) in [5.41, 5.74) is 7.12. The summed E-state index contributed by atoms with van der Waals surface area (Å²) in [4.78, 5) is 44.3. The minimum atomic E-state index is 0.146. The van der Waals surface area contributed by atoms with Crippen LogP contribution in [0.1, 0.15) is 28.7 Å². The highest BCUT2D eigenvalue weighted by molar-refractivity contribution is 5.78. The van der Waals surface area contributed by atoms with Crippen LogP contribution in [0.15, 0.2) is 85.2 Å². The van der Waals surface area contributed by atoms with Gasteiger partial charge in [-0.25, -0.2) is 15.0 Å². The number of nitrogens with zero attached hydrogens (tertiary/aromatic N) is 9. The Labute approximate surface area is 346 Å². The topological polar surface area (TPSA) is 133 Å². The second-order valence-corrected chi connectivity index (χ2v) is 15.1. The molecule has 59 heavy (non-hydrogen) atoms. The first-order valence-electron chi connectivity index (χ1n) is 20.5. The van der Waals surface area contributed by atoms with Crippen molar-refractivity contribution < 1.29 is 24.1 Å². The number of aliphatic hydroxyl groups excluding tert-OH is 1. The van der Waals surface area contributed by atoms with E-state index in [4.69, 9.17) is 34.1 Å². The van der Waals surface area contributed by atoms with E-state index in [1.165, 1.54) is 0 Å². The second kappa shape index (κ2) is 18.8. The number of aliphatic hydroxyl groups is 1. The lowest BCUT2D eigenvalue weighted by Gasteiger charge is -2.34. The Morgan fingerprint density at radius 1 is 0.797 bits per heavy atom. The number of carbonyl (C=O) groups excluding carboxylic acids is 1. The summed E-state index contributed by atoms with van der Waals surface area (Å²) >= 11 is 0. The maximum Gasteiger partial charge on any atom is 0.228 e. The number of carbonyl (C=O) groups is 1. The van der Waals surface area contributed by atoms with Crippen LogP contribution in [0, 0.1) is 0 Å². The number of aromatic nitrogens is 4. The standard InChI is InChI=1S/C45H53N9O5/c1-57-38-11-6-34(7-12-38)31-53(32-35-8-13-39(58-2)14-9-35)44-46-29-36(30-47-44)42-40-16-17-54(43(40)49-45(48-42)52-23-26-59-27-24-52)37-5-3-4-33(28-37)10-15-41(56)51-20-18-50(19-21-51)22-25-55/h3-9,11-14,28-30,55H,10,15-27,31-32H2,1-2H3. The quantitative estimate of drug-likeness (QED) is 0.156. The van der Waals surface area contributed by atoms with Crippen molar-refractivity contribution in [2.24, 2.45) is 0 Å². The first kappa shape index (κ1) is 40.0. The van der Waals surface area contributed by atoms with Gasteiger partial charge in [-0.3, -0.25) is 9.69 Å². The highest BCUT2D eigenvalue weighted by Crippen LogP contribution is 2.39. The average Bonchev–Trinajstić information content (AvgIpc) is 3.73. The molecule has 0 unspecified atom stereocenters. The van der Waals surface area contributed by atoms with Gasteiger partial charge in [0, 0.05) is 101 Å². The van der Waals surface area contributed by atoms with Gasteiger partial charge in [0.25, 0.3) is 0 Å². The number of hydrogen-bond acceptors (Lipinski definition) is 13. The SMILES string of the molecule is COc1ccc(CN(Cc2ccc(OC)cc2)c2ncc(-c3nc(N4CCOCC4)nc4c3CCN4c3cccc(CCC(=O)N4CCN(CCO)CC4)c3)cn2)cc1. The predicted molar refractivity (Wildman–Crippen MR) is 228 cm³/mol. The van der Waals surface area contributed by atoms with Gasteiger partial charge in [0.2, 0.25) is 17.8 Å². The average molecular weight is 800 g/mol. The van der Waals surface area contributed by atoms with Crippen molar-refractivity contribution in [2.75, 3.05) is 101 Å². The molecule has 2 saturated heterocycles. The number of fused-ring (bicyclic) bond motifs is 1. The maximum atomic E-state index is 13.2. The van der Waals surface area contributed by atoms with Gasteiger partial charge >= 0.3 is 0 Å². The molecule has 5 aromatic rings. The zero-order chi connectivity index (χ0) is 40.6. The van der Waals surface area contributed by atoms with Crippen molar-refractivity contribution in [3.8, 4) is 22.8 Å². The number of aryl methyl sites for hydroxylation is 1. The molecule has 0 bridgehead atoms. The van der Waals surface area contributed by atoms with Crippen LogP contribution in [0.5, 0.6) is 11.5 Å². The van der Waals surface area contributed by atoms with Crippen molar-refractivity contribution in [3.63, 3.8) is 0 Å². The number of anilines is 4. The summed E-state index contributed by atoms with van der Waals surface area (Å²) in [6.45, 7) is 8.43. The summed E-state index contributed by atoms with van der Waals surface area (Å²) in [6, 6.07) is 24.6. The Kier molecular flexibility index (Phi) is 12.8. The highest BCUT2D eigenvalue weighted by atomic mass is 16.5. The molecule has 308 valence electrons. The van der Waals surface area contributed by atoms with E-state index in [0.717, 1.165) is 82.6 Å². The third-order valence-electron chi connectivity index (χ3n) is 11.4. The zero-order valence-corrected chi connectivity index (χ0v) is 34.0. The van der Waals surface area contributed by atoms with Gasteiger partial charge in [0.15, 0.2) is 0 Å². The smallest absolute Gasteiger partial charge is 0.228 e. The summed E-state index contributed by atoms with van der Waals surface area (Å²) in [5, 5.41) is 9.27. The first-order chi connectivity index (χ1) is 29.0. The van der Waals surface area contributed by atoms with Crippen molar-refractivity contribution >= 4 is 29.3 Å². The van der Waals surface area contributed by atoms with Gasteiger partial charge in [-0.2, -0.15) is 4.98 Å². The van der Waals surface area contributed by atoms with Crippen LogP contribution in [-0.4, -0.2) is 127 Å². The Balaban J connectivity index is 1.05. The minimum Gasteiger partial charge on any atom is -0.497 e. The van der Waals surface area contributed by atoms with Gasteiger partial charge in [-0.05, 0) is 65.9 Å². The number of hydrogen-bond donors (Lipinski definition) is 1. The molecule has 3 aliphatic rings. The monoisotopic (exact) mass is 799 g/mol. The van der Waals surface area contributed by atoms with E-state index in [9.17, 15) is 9.90 Å². The fourth-order valence-electron chi connectivity index (χ4n) is 8.00. The van der Waals surface area contributed by atoms with Crippen molar-refractivity contribution in [1.82, 2.24) is 29.7 Å². The lowest BCUT2D eigenvalue weighted by atomic mass is 10.1. The fourth-order valence-corrected chi connectivity index (χ4v) is 8.00. The number of methoxy groups -OCH3 is 2. The van der Waals surface area contributed by atoms with Gasteiger partial charge < -0.3 is 38.9 Å². The number of rotatable bonds is 15. The number of morpholine rings is 1. The highest BCUT2D eigenvalue weighted by Gasteiger charge is 2.30. The second-order valence-electron chi connectivity index (χ2n) is 15.1. The third kappa shape index (κ3) is 9.56. The largest absolute Gasteiger partial charge is 0.497 e. The molecule has 8 rings (SSSR count). The normalized spacial score (nSPS) is 15.6. The van der Waals surface area contributed by atoms with Crippen LogP contribution in [0.2, 0.25) is 0 Å². The number of benzene rings is 3. The van der Waals surface area contributed by atoms with Crippen molar-refractivity contribution in [1.29, 1.82) is 0 Å². The molecule has 3 aromatic carbocycles. The van der Waals surface area contributed by atoms with Crippen LogP contribution in [0.4, 0.5) is 23.4 Å². The van der Waals surface area contributed by atoms with E-state index in [2.05, 4.69) is 68.1 Å². The minimum absolute atomic E-state index is 0.146. The molecule has 14 nitrogen and oxygen atoms in total. The lowest BCUT2D eigenvalue weighted by molar-refractivity contribution is -0.132. The zero-order valence-electron chi connectivity index (χ0n) is 34.0. The summed E-state index contributed by atoms with van der Waals surface area (Å²) in [7, 11) is 3.34. The molecule has 0 atom stereocenters. The molecule has 1 N–H and O–H groups in total. The Morgan fingerprint density at radius 3 is 2.08 bits per heavy atom. The number of ether oxygens (including phenoxy) is 3. The number of β-amino-alcohol motifs (C(OH)–C–C–N with tert-alkyl or cyclic N) is 1. The fraction of sp³-hybridized carbons (Fsp3) is 0.400. The molecular weight excluding hydrogens is 747 g/mol. The van der Waals surface area contributed by atoms with Crippen LogP contribution < -0.4 is 24.2 Å². The van der Waals surface area contributed by atoms with Gasteiger partial charge in [-0.15, -0.1) is 0 Å². The molecule has 14 heteroatoms. The van der Waals surface area contributed by atoms with E-state index >= 15 is 0 Å². The molecule has 0 radical (unpaired) electrons. The molecule has 5 heterocycles. The summed E-state index contributed by atoms with van der Waals surface area (Å²) < 4.78 is 16.5. The van der Waals surface area contributed by atoms with E-state index in [1.807, 2.05) is 41.6 Å². The van der Waals surface area contributed by atoms with Crippen LogP contribution >= 0.6 is 0 Å². The van der Waals surface area contributed by atoms with Crippen LogP contribution in [0.3, 0.4) is 0 Å². The van der Waals surface area contributed by atoms with E-state index < -0.39 is 0 Å². The van der Waals surface area contributed by atoms with E-state index in [-0.39, 0.29) is 12.5 Å². The number of piperazine rings is 1. The molecule has 0 saturated carbocycles.